The minimum absolute atomic E-state index is 0. The zero-order valence-corrected chi connectivity index (χ0v) is 19.7. The molecule has 11 nitrogen and oxygen atoms in total. The number of aliphatic hydroxyl groups excluding tert-OH is 1. The summed E-state index contributed by atoms with van der Waals surface area (Å²) in [6.45, 7) is 0.222. The number of nitrogens with two attached hydrogens (primary N) is 1. The van der Waals surface area contributed by atoms with Crippen molar-refractivity contribution in [2.24, 2.45) is 0 Å². The fourth-order valence-corrected chi connectivity index (χ4v) is 2.38. The maximum atomic E-state index is 10.6. The summed E-state index contributed by atoms with van der Waals surface area (Å²) in [5.74, 6) is 0.225. The zero-order valence-electron chi connectivity index (χ0n) is 14.8. The van der Waals surface area contributed by atoms with E-state index >= 15 is 0 Å². The summed E-state index contributed by atoms with van der Waals surface area (Å²) >= 11 is 0. The molecule has 14 heteroatoms. The molecular weight excluding hydrogens is 387 g/mol. The van der Waals surface area contributed by atoms with Gasteiger partial charge in [-0.2, -0.15) is 0 Å². The van der Waals surface area contributed by atoms with Gasteiger partial charge in [0.25, 0.3) is 0 Å². The van der Waals surface area contributed by atoms with Crippen molar-refractivity contribution in [1.29, 1.82) is 0 Å². The molecule has 1 atom stereocenters. The van der Waals surface area contributed by atoms with Gasteiger partial charge in [0.05, 0.1) is 25.9 Å². The van der Waals surface area contributed by atoms with E-state index in [1.165, 1.54) is 12.7 Å². The molecule has 0 aromatic carbocycles. The van der Waals surface area contributed by atoms with Crippen LogP contribution in [0.4, 0.5) is 5.82 Å². The van der Waals surface area contributed by atoms with Gasteiger partial charge < -0.3 is 34.7 Å². The molecule has 0 aliphatic rings. The Morgan fingerprint density at radius 1 is 1.27 bits per heavy atom. The van der Waals surface area contributed by atoms with E-state index in [1.54, 1.807) is 4.57 Å². The average Bonchev–Trinajstić information content (AvgIpc) is 2.94. The molecule has 0 spiro atoms. The SMILES string of the molecule is Nc1ncnc2c1ncn2C(CCOCP(=O)([O-])[O-])OCCCO.[Na+].[Na+]. The van der Waals surface area contributed by atoms with Crippen LogP contribution in [0.25, 0.3) is 11.2 Å². The van der Waals surface area contributed by atoms with Crippen LogP contribution in [0.15, 0.2) is 12.7 Å². The van der Waals surface area contributed by atoms with Crippen LogP contribution in [0.2, 0.25) is 0 Å². The number of aromatic nitrogens is 4. The number of nitrogens with zero attached hydrogens (tertiary/aromatic N) is 4. The summed E-state index contributed by atoms with van der Waals surface area (Å²) in [6, 6.07) is 0. The Morgan fingerprint density at radius 3 is 2.65 bits per heavy atom. The molecule has 26 heavy (non-hydrogen) atoms. The van der Waals surface area contributed by atoms with Gasteiger partial charge in [-0.25, -0.2) is 15.0 Å². The van der Waals surface area contributed by atoms with Crippen molar-refractivity contribution < 1.29 is 88.0 Å². The van der Waals surface area contributed by atoms with Gasteiger partial charge in [-0.15, -0.1) is 0 Å². The summed E-state index contributed by atoms with van der Waals surface area (Å²) in [4.78, 5) is 33.2. The van der Waals surface area contributed by atoms with Gasteiger partial charge in [0.1, 0.15) is 18.1 Å². The monoisotopic (exact) mass is 405 g/mol. The second-order valence-corrected chi connectivity index (χ2v) is 6.40. The van der Waals surface area contributed by atoms with Crippen LogP contribution in [0, 0.1) is 0 Å². The number of fused-ring (bicyclic) bond motifs is 1. The second-order valence-electron chi connectivity index (χ2n) is 4.92. The number of rotatable bonds is 10. The standard InChI is InChI=1S/C12H20N5O6P.2Na/c13-11-10-12(15-6-14-11)17(7-16-10)9(23-4-1-3-18)2-5-22-8-24(19,20)21;;/h6-7,9,18H,1-5,8H2,(H2,13,14,15)(H2,19,20,21);;/q;2*+1/p-2. The van der Waals surface area contributed by atoms with Gasteiger partial charge in [0, 0.05) is 13.0 Å². The molecule has 0 saturated carbocycles. The number of nitrogen functional groups attached to an aromatic ring is 1. The van der Waals surface area contributed by atoms with E-state index in [-0.39, 0.29) is 91.2 Å². The Morgan fingerprint density at radius 2 is 2.00 bits per heavy atom. The van der Waals surface area contributed by atoms with E-state index < -0.39 is 20.2 Å². The summed E-state index contributed by atoms with van der Waals surface area (Å²) in [7, 11) is -4.71. The van der Waals surface area contributed by atoms with Crippen molar-refractivity contribution >= 4 is 24.6 Å². The molecule has 2 aromatic rings. The number of hydrogen-bond acceptors (Lipinski definition) is 10. The third-order valence-corrected chi connectivity index (χ3v) is 3.57. The number of imidazole rings is 1. The third kappa shape index (κ3) is 8.17. The fourth-order valence-electron chi connectivity index (χ4n) is 2.03. The Hall–Kier alpha value is 0.380. The molecule has 2 aromatic heterocycles. The van der Waals surface area contributed by atoms with Crippen LogP contribution in [-0.2, 0) is 14.0 Å². The van der Waals surface area contributed by atoms with Gasteiger partial charge in [-0.3, -0.25) is 4.57 Å². The van der Waals surface area contributed by atoms with Gasteiger partial charge in [-0.05, 0) is 14.0 Å². The van der Waals surface area contributed by atoms with E-state index in [4.69, 9.17) is 20.3 Å². The first kappa shape index (κ1) is 26.4. The molecule has 2 rings (SSSR count). The minimum Gasteiger partial charge on any atom is -0.809 e. The van der Waals surface area contributed by atoms with Crippen LogP contribution in [0.5, 0.6) is 0 Å². The van der Waals surface area contributed by atoms with E-state index in [1.807, 2.05) is 0 Å². The van der Waals surface area contributed by atoms with E-state index in [0.717, 1.165) is 0 Å². The van der Waals surface area contributed by atoms with Crippen molar-refractivity contribution in [3.8, 4) is 0 Å². The number of aliphatic hydroxyl groups is 1. The van der Waals surface area contributed by atoms with Crippen molar-refractivity contribution in [3.05, 3.63) is 12.7 Å². The minimum atomic E-state index is -4.71. The molecule has 0 aliphatic carbocycles. The summed E-state index contributed by atoms with van der Waals surface area (Å²) < 4.78 is 22.7. The van der Waals surface area contributed by atoms with Gasteiger partial charge >= 0.3 is 59.1 Å². The zero-order chi connectivity index (χ0) is 17.6. The molecule has 0 saturated heterocycles. The number of hydrogen-bond donors (Lipinski definition) is 2. The quantitative estimate of drug-likeness (QED) is 0.220. The summed E-state index contributed by atoms with van der Waals surface area (Å²) in [5.41, 5.74) is 6.60. The average molecular weight is 405 g/mol. The Kier molecular flexibility index (Phi) is 12.9. The summed E-state index contributed by atoms with van der Waals surface area (Å²) in [6.07, 6.45) is 2.00. The van der Waals surface area contributed by atoms with Gasteiger partial charge in [-0.1, -0.05) is 0 Å². The predicted molar refractivity (Wildman–Crippen MR) is 79.5 cm³/mol. The van der Waals surface area contributed by atoms with Crippen molar-refractivity contribution in [2.45, 2.75) is 19.1 Å². The maximum absolute atomic E-state index is 10.6. The third-order valence-electron chi connectivity index (χ3n) is 3.07. The number of ether oxygens (including phenoxy) is 2. The summed E-state index contributed by atoms with van der Waals surface area (Å²) in [5, 5.41) is 8.86. The van der Waals surface area contributed by atoms with Gasteiger partial charge in [0.2, 0.25) is 0 Å². The molecular formula is C12H18N5Na2O6P. The first-order valence-corrected chi connectivity index (χ1v) is 8.89. The number of anilines is 1. The van der Waals surface area contributed by atoms with Crippen molar-refractivity contribution in [1.82, 2.24) is 19.5 Å². The van der Waals surface area contributed by atoms with Crippen LogP contribution < -0.4 is 74.6 Å². The van der Waals surface area contributed by atoms with Gasteiger partial charge in [0.15, 0.2) is 11.5 Å². The molecule has 0 aliphatic heterocycles. The second kappa shape index (κ2) is 12.8. The molecule has 0 fully saturated rings. The van der Waals surface area contributed by atoms with E-state index in [0.29, 0.717) is 17.6 Å². The van der Waals surface area contributed by atoms with E-state index in [2.05, 4.69) is 15.0 Å². The molecule has 1 unspecified atom stereocenters. The largest absolute Gasteiger partial charge is 1.00 e. The fraction of sp³-hybridized carbons (Fsp3) is 0.583. The Bertz CT molecular complexity index is 714. The molecule has 3 N–H and O–H groups in total. The van der Waals surface area contributed by atoms with Crippen molar-refractivity contribution in [2.75, 3.05) is 31.9 Å². The first-order valence-electron chi connectivity index (χ1n) is 7.16. The maximum Gasteiger partial charge on any atom is 1.00 e. The normalized spacial score (nSPS) is 12.4. The predicted octanol–water partition coefficient (Wildman–Crippen LogP) is -7.41. The van der Waals surface area contributed by atoms with Crippen LogP contribution in [0.1, 0.15) is 19.1 Å². The van der Waals surface area contributed by atoms with Crippen molar-refractivity contribution in [3.63, 3.8) is 0 Å². The van der Waals surface area contributed by atoms with Crippen LogP contribution in [0.3, 0.4) is 0 Å². The topological polar surface area (TPSA) is 172 Å². The Labute approximate surface area is 194 Å². The van der Waals surface area contributed by atoms with E-state index in [9.17, 15) is 14.4 Å². The smallest absolute Gasteiger partial charge is 0.809 e. The first-order chi connectivity index (χ1) is 11.4. The molecule has 0 radical (unpaired) electrons. The molecule has 2 heterocycles. The Balaban J connectivity index is 0.00000312. The molecule has 134 valence electrons. The molecule has 0 amide bonds. The molecule has 0 bridgehead atoms. The van der Waals surface area contributed by atoms with Crippen LogP contribution >= 0.6 is 7.60 Å². The van der Waals surface area contributed by atoms with Crippen LogP contribution in [-0.4, -0.2) is 50.8 Å².